The number of nitrogens with one attached hydrogen (secondary N) is 1. The molecule has 47 heavy (non-hydrogen) atoms. The number of aliphatic hydroxyl groups is 1. The topological polar surface area (TPSA) is 77.0 Å². The molecule has 0 aliphatic rings. The quantitative estimate of drug-likeness (QED) is 0.0555. The van der Waals surface area contributed by atoms with Gasteiger partial charge in [-0.05, 0) is 86.9 Å². The van der Waals surface area contributed by atoms with E-state index in [1.165, 1.54) is 0 Å². The molecule has 0 aliphatic carbocycles. The molecule has 6 nitrogen and oxygen atoms in total. The Hall–Kier alpha value is -2.65. The van der Waals surface area contributed by atoms with Crippen molar-refractivity contribution in [3.63, 3.8) is 0 Å². The van der Waals surface area contributed by atoms with Gasteiger partial charge in [-0.15, -0.1) is 0 Å². The van der Waals surface area contributed by atoms with Crippen molar-refractivity contribution in [1.82, 2.24) is 5.32 Å². The van der Waals surface area contributed by atoms with Gasteiger partial charge in [-0.25, -0.2) is 0 Å². The van der Waals surface area contributed by atoms with E-state index in [-0.39, 0.29) is 17.3 Å². The summed E-state index contributed by atoms with van der Waals surface area (Å²) in [6.07, 6.45) is 9.71. The zero-order chi connectivity index (χ0) is 33.8. The number of aliphatic hydroxyl groups excluding tert-OH is 1. The first-order valence-electron chi connectivity index (χ1n) is 17.0. The van der Waals surface area contributed by atoms with Gasteiger partial charge in [-0.1, -0.05) is 102 Å². The van der Waals surface area contributed by atoms with Crippen LogP contribution in [0.15, 0.2) is 78.9 Å². The maximum Gasteiger partial charge on any atom is 0.220 e. The Morgan fingerprint density at radius 3 is 1.87 bits per heavy atom. The molecule has 3 aromatic carbocycles. The van der Waals surface area contributed by atoms with Gasteiger partial charge in [0.15, 0.2) is 0 Å². The van der Waals surface area contributed by atoms with Crippen LogP contribution >= 0.6 is 21.6 Å². The van der Waals surface area contributed by atoms with Gasteiger partial charge in [-0.2, -0.15) is 0 Å². The van der Waals surface area contributed by atoms with Crippen LogP contribution in [0.3, 0.4) is 0 Å². The zero-order valence-electron chi connectivity index (χ0n) is 28.8. The lowest BCUT2D eigenvalue weighted by Gasteiger charge is -2.36. The van der Waals surface area contributed by atoms with Crippen molar-refractivity contribution in [2.24, 2.45) is 0 Å². The molecule has 0 saturated heterocycles. The molecule has 0 atom stereocenters. The van der Waals surface area contributed by atoms with Crippen LogP contribution in [0.1, 0.15) is 94.7 Å². The van der Waals surface area contributed by atoms with Gasteiger partial charge in [0.2, 0.25) is 5.91 Å². The molecular formula is C39H55NO5S2. The van der Waals surface area contributed by atoms with Crippen LogP contribution in [-0.4, -0.2) is 55.5 Å². The number of benzene rings is 3. The summed E-state index contributed by atoms with van der Waals surface area (Å²) in [6, 6.07) is 26.8. The fourth-order valence-electron chi connectivity index (χ4n) is 5.48. The van der Waals surface area contributed by atoms with Gasteiger partial charge in [0.05, 0.1) is 14.2 Å². The molecule has 0 radical (unpaired) electrons. The van der Waals surface area contributed by atoms with E-state index in [1.807, 2.05) is 51.9 Å². The first-order chi connectivity index (χ1) is 22.8. The van der Waals surface area contributed by atoms with Crippen LogP contribution in [-0.2, 0) is 15.1 Å². The Morgan fingerprint density at radius 2 is 1.28 bits per heavy atom. The number of rotatable bonds is 24. The van der Waals surface area contributed by atoms with E-state index >= 15 is 0 Å². The summed E-state index contributed by atoms with van der Waals surface area (Å²) < 4.78 is 17.9. The second-order valence-electron chi connectivity index (χ2n) is 12.4. The number of hydrogen-bond donors (Lipinski definition) is 2. The van der Waals surface area contributed by atoms with Crippen molar-refractivity contribution >= 4 is 27.5 Å². The van der Waals surface area contributed by atoms with E-state index in [9.17, 15) is 4.79 Å². The van der Waals surface area contributed by atoms with Crippen molar-refractivity contribution in [3.8, 4) is 11.5 Å². The number of methoxy groups -OCH3 is 2. The van der Waals surface area contributed by atoms with Gasteiger partial charge >= 0.3 is 0 Å². The Balaban J connectivity index is 1.47. The van der Waals surface area contributed by atoms with Crippen molar-refractivity contribution in [3.05, 3.63) is 95.6 Å². The maximum absolute atomic E-state index is 12.2. The lowest BCUT2D eigenvalue weighted by molar-refractivity contribution is -0.121. The van der Waals surface area contributed by atoms with Gasteiger partial charge < -0.3 is 24.6 Å². The summed E-state index contributed by atoms with van der Waals surface area (Å²) in [5, 5.41) is 11.9. The number of carbonyl (C=O) groups excluding carboxylic acids is 1. The van der Waals surface area contributed by atoms with E-state index in [0.717, 1.165) is 98.3 Å². The standard InChI is InChI=1S/C39H55NO5S2/c1-38(2,27-26-37(42)40-28-12-5-6-13-29-41)47-46-31-15-8-7-14-30-45-39(32-16-10-9-11-17-32,33-18-22-35(43-3)23-19-33)34-20-24-36(44-4)25-21-34/h9-11,16-25,41H,5-8,12-15,26-31H2,1-4H3,(H,40,42). The molecule has 0 bridgehead atoms. The monoisotopic (exact) mass is 681 g/mol. The minimum atomic E-state index is -0.769. The molecule has 3 rings (SSSR count). The molecule has 3 aromatic rings. The summed E-state index contributed by atoms with van der Waals surface area (Å²) in [6.45, 7) is 6.07. The molecule has 0 heterocycles. The Bertz CT molecular complexity index is 1220. The summed E-state index contributed by atoms with van der Waals surface area (Å²) in [5.74, 6) is 2.86. The molecule has 8 heteroatoms. The van der Waals surface area contributed by atoms with Crippen LogP contribution in [0.5, 0.6) is 11.5 Å². The summed E-state index contributed by atoms with van der Waals surface area (Å²) in [5.41, 5.74) is 2.42. The smallest absolute Gasteiger partial charge is 0.220 e. The van der Waals surface area contributed by atoms with E-state index in [0.29, 0.717) is 13.0 Å². The molecule has 1 amide bonds. The minimum Gasteiger partial charge on any atom is -0.497 e. The highest BCUT2D eigenvalue weighted by atomic mass is 33.1. The lowest BCUT2D eigenvalue weighted by Crippen LogP contribution is -2.33. The number of unbranched alkanes of at least 4 members (excludes halogenated alkanes) is 6. The predicted octanol–water partition coefficient (Wildman–Crippen LogP) is 9.18. The SMILES string of the molecule is COc1ccc(C(OCCCCCCSSC(C)(C)CCC(=O)NCCCCCCO)(c2ccccc2)c2ccc(OC)cc2)cc1. The summed E-state index contributed by atoms with van der Waals surface area (Å²) in [4.78, 5) is 12.2. The number of carbonyl (C=O) groups is 1. The summed E-state index contributed by atoms with van der Waals surface area (Å²) >= 11 is 0. The number of amides is 1. The highest BCUT2D eigenvalue weighted by Crippen LogP contribution is 2.42. The zero-order valence-corrected chi connectivity index (χ0v) is 30.4. The maximum atomic E-state index is 12.2. The van der Waals surface area contributed by atoms with E-state index in [4.69, 9.17) is 19.3 Å². The van der Waals surface area contributed by atoms with Crippen molar-refractivity contribution in [2.75, 3.05) is 39.7 Å². The minimum absolute atomic E-state index is 0.0562. The van der Waals surface area contributed by atoms with Gasteiger partial charge in [0, 0.05) is 36.7 Å². The van der Waals surface area contributed by atoms with Crippen molar-refractivity contribution in [1.29, 1.82) is 0 Å². The third kappa shape index (κ3) is 13.1. The molecule has 0 fully saturated rings. The fraction of sp³-hybridized carbons (Fsp3) is 0.513. The molecule has 258 valence electrons. The molecule has 2 N–H and O–H groups in total. The largest absolute Gasteiger partial charge is 0.497 e. The highest BCUT2D eigenvalue weighted by molar-refractivity contribution is 8.77. The first-order valence-corrected chi connectivity index (χ1v) is 19.3. The van der Waals surface area contributed by atoms with Crippen molar-refractivity contribution < 1.29 is 24.1 Å². The fourth-order valence-corrected chi connectivity index (χ4v) is 8.20. The average molecular weight is 682 g/mol. The van der Waals surface area contributed by atoms with Gasteiger partial charge in [0.1, 0.15) is 17.1 Å². The average Bonchev–Trinajstić information content (AvgIpc) is 3.10. The van der Waals surface area contributed by atoms with Crippen LogP contribution in [0.2, 0.25) is 0 Å². The molecular weight excluding hydrogens is 627 g/mol. The second kappa shape index (κ2) is 21.3. The predicted molar refractivity (Wildman–Crippen MR) is 199 cm³/mol. The van der Waals surface area contributed by atoms with Crippen LogP contribution < -0.4 is 14.8 Å². The first kappa shape index (κ1) is 38.8. The van der Waals surface area contributed by atoms with Crippen LogP contribution in [0.25, 0.3) is 0 Å². The number of hydrogen-bond acceptors (Lipinski definition) is 7. The third-order valence-electron chi connectivity index (χ3n) is 8.26. The molecule has 0 aliphatic heterocycles. The van der Waals surface area contributed by atoms with Crippen molar-refractivity contribution in [2.45, 2.75) is 88.4 Å². The van der Waals surface area contributed by atoms with E-state index in [2.05, 4.69) is 67.7 Å². The number of ether oxygens (including phenoxy) is 3. The highest BCUT2D eigenvalue weighted by Gasteiger charge is 2.37. The summed E-state index contributed by atoms with van der Waals surface area (Å²) in [7, 11) is 7.19. The van der Waals surface area contributed by atoms with Gasteiger partial charge in [0.25, 0.3) is 0 Å². The van der Waals surface area contributed by atoms with Gasteiger partial charge in [-0.3, -0.25) is 4.79 Å². The molecule has 0 unspecified atom stereocenters. The molecule has 0 aromatic heterocycles. The Morgan fingerprint density at radius 1 is 0.723 bits per heavy atom. The lowest BCUT2D eigenvalue weighted by atomic mass is 9.80. The molecule has 0 saturated carbocycles. The van der Waals surface area contributed by atoms with E-state index in [1.54, 1.807) is 14.2 Å². The third-order valence-corrected chi connectivity index (χ3v) is 11.7. The molecule has 0 spiro atoms. The van der Waals surface area contributed by atoms with E-state index < -0.39 is 5.60 Å². The Kier molecular flexibility index (Phi) is 17.6. The Labute approximate surface area is 291 Å². The van der Waals surface area contributed by atoms with Crippen LogP contribution in [0.4, 0.5) is 0 Å². The normalized spacial score (nSPS) is 11.8. The van der Waals surface area contributed by atoms with Crippen LogP contribution in [0, 0.1) is 0 Å². The second-order valence-corrected chi connectivity index (χ2v) is 15.5.